The molecule has 1 aliphatic rings. The quantitative estimate of drug-likeness (QED) is 0.642. The lowest BCUT2D eigenvalue weighted by atomic mass is 9.82. The van der Waals surface area contributed by atoms with Crippen LogP contribution in [-0.4, -0.2) is 30.0 Å². The number of rotatable bonds is 6. The second-order valence-corrected chi connectivity index (χ2v) is 6.02. The molecule has 0 saturated carbocycles. The van der Waals surface area contributed by atoms with Gasteiger partial charge in [-0.3, -0.25) is 15.0 Å². The van der Waals surface area contributed by atoms with E-state index in [0.717, 1.165) is 30.9 Å². The van der Waals surface area contributed by atoms with E-state index in [9.17, 15) is 10.1 Å². The van der Waals surface area contributed by atoms with E-state index < -0.39 is 0 Å². The molecule has 1 heterocycles. The summed E-state index contributed by atoms with van der Waals surface area (Å²) in [7, 11) is 1.86. The Kier molecular flexibility index (Phi) is 4.83. The summed E-state index contributed by atoms with van der Waals surface area (Å²) >= 11 is 0. The van der Waals surface area contributed by atoms with E-state index in [1.807, 2.05) is 7.05 Å². The van der Waals surface area contributed by atoms with Gasteiger partial charge in [-0.25, -0.2) is 0 Å². The van der Waals surface area contributed by atoms with Crippen LogP contribution in [0.5, 0.6) is 0 Å². The Labute approximate surface area is 126 Å². The number of nitrogens with one attached hydrogen (secondary N) is 1. The van der Waals surface area contributed by atoms with Gasteiger partial charge in [0.1, 0.15) is 0 Å². The first-order valence-corrected chi connectivity index (χ1v) is 7.71. The van der Waals surface area contributed by atoms with Crippen LogP contribution in [0.2, 0.25) is 0 Å². The molecule has 116 valence electrons. The molecule has 0 bridgehead atoms. The molecule has 1 fully saturated rings. The van der Waals surface area contributed by atoms with Crippen molar-refractivity contribution in [2.45, 2.75) is 39.7 Å². The summed E-state index contributed by atoms with van der Waals surface area (Å²) in [4.78, 5) is 13.1. The standard InChI is InChI=1S/C16H25N3O2/c1-4-16(5-2)8-9-18(12-16)11-13-10-14(19(20)21)6-7-15(13)17-3/h6-7,10,17H,4-5,8-9,11-12H2,1-3H3. The van der Waals surface area contributed by atoms with Crippen LogP contribution >= 0.6 is 0 Å². The second kappa shape index (κ2) is 6.43. The van der Waals surface area contributed by atoms with Gasteiger partial charge in [0.2, 0.25) is 0 Å². The summed E-state index contributed by atoms with van der Waals surface area (Å²) in [5.74, 6) is 0. The van der Waals surface area contributed by atoms with Crippen LogP contribution < -0.4 is 5.32 Å². The van der Waals surface area contributed by atoms with E-state index in [1.54, 1.807) is 18.2 Å². The fourth-order valence-corrected chi connectivity index (χ4v) is 3.30. The van der Waals surface area contributed by atoms with Gasteiger partial charge in [-0.05, 0) is 42.9 Å². The highest BCUT2D eigenvalue weighted by atomic mass is 16.6. The molecule has 0 aromatic heterocycles. The molecular weight excluding hydrogens is 266 g/mol. The first-order chi connectivity index (χ1) is 10.0. The molecule has 21 heavy (non-hydrogen) atoms. The van der Waals surface area contributed by atoms with Crippen molar-refractivity contribution in [3.63, 3.8) is 0 Å². The predicted octanol–water partition coefficient (Wildman–Crippen LogP) is 3.65. The first kappa shape index (κ1) is 15.8. The van der Waals surface area contributed by atoms with Crippen molar-refractivity contribution in [3.8, 4) is 0 Å². The molecule has 0 atom stereocenters. The molecular formula is C16H25N3O2. The number of anilines is 1. The summed E-state index contributed by atoms with van der Waals surface area (Å²) in [5.41, 5.74) is 2.59. The molecule has 0 spiro atoms. The lowest BCUT2D eigenvalue weighted by molar-refractivity contribution is -0.384. The molecule has 5 heteroatoms. The van der Waals surface area contributed by atoms with Crippen molar-refractivity contribution in [2.75, 3.05) is 25.5 Å². The lowest BCUT2D eigenvalue weighted by Gasteiger charge is -2.26. The van der Waals surface area contributed by atoms with Crippen LogP contribution in [0, 0.1) is 15.5 Å². The minimum atomic E-state index is -0.324. The molecule has 1 aromatic carbocycles. The average molecular weight is 291 g/mol. The Hall–Kier alpha value is -1.62. The molecule has 1 N–H and O–H groups in total. The second-order valence-electron chi connectivity index (χ2n) is 6.02. The Bertz CT molecular complexity index is 512. The Morgan fingerprint density at radius 3 is 2.62 bits per heavy atom. The molecule has 0 unspecified atom stereocenters. The van der Waals surface area contributed by atoms with E-state index in [0.29, 0.717) is 5.41 Å². The maximum absolute atomic E-state index is 11.0. The summed E-state index contributed by atoms with van der Waals surface area (Å²) in [6, 6.07) is 5.06. The largest absolute Gasteiger partial charge is 0.388 e. The number of nitro groups is 1. The van der Waals surface area contributed by atoms with Gasteiger partial charge in [0.25, 0.3) is 5.69 Å². The Balaban J connectivity index is 2.16. The Morgan fingerprint density at radius 1 is 1.38 bits per heavy atom. The van der Waals surface area contributed by atoms with Gasteiger partial charge >= 0.3 is 0 Å². The summed E-state index contributed by atoms with van der Waals surface area (Å²) in [5, 5.41) is 14.1. The zero-order valence-corrected chi connectivity index (χ0v) is 13.2. The minimum Gasteiger partial charge on any atom is -0.388 e. The van der Waals surface area contributed by atoms with Crippen molar-refractivity contribution < 1.29 is 4.92 Å². The monoisotopic (exact) mass is 291 g/mol. The van der Waals surface area contributed by atoms with Crippen molar-refractivity contribution in [2.24, 2.45) is 5.41 Å². The topological polar surface area (TPSA) is 58.4 Å². The van der Waals surface area contributed by atoms with Crippen molar-refractivity contribution in [1.29, 1.82) is 0 Å². The van der Waals surface area contributed by atoms with Crippen molar-refractivity contribution in [1.82, 2.24) is 4.90 Å². The van der Waals surface area contributed by atoms with Crippen molar-refractivity contribution in [3.05, 3.63) is 33.9 Å². The summed E-state index contributed by atoms with van der Waals surface area (Å²) in [6.45, 7) is 7.47. The highest BCUT2D eigenvalue weighted by molar-refractivity contribution is 5.55. The highest BCUT2D eigenvalue weighted by Crippen LogP contribution is 2.38. The number of likely N-dealkylation sites (tertiary alicyclic amines) is 1. The normalized spacial score (nSPS) is 17.9. The molecule has 0 amide bonds. The van der Waals surface area contributed by atoms with Crippen LogP contribution in [0.25, 0.3) is 0 Å². The average Bonchev–Trinajstić information content (AvgIpc) is 2.91. The highest BCUT2D eigenvalue weighted by Gasteiger charge is 2.34. The number of hydrogen-bond donors (Lipinski definition) is 1. The summed E-state index contributed by atoms with van der Waals surface area (Å²) in [6.07, 6.45) is 3.63. The third kappa shape index (κ3) is 3.35. The van der Waals surface area contributed by atoms with Gasteiger partial charge < -0.3 is 5.32 Å². The number of benzene rings is 1. The SMILES string of the molecule is CCC1(CC)CCN(Cc2cc([N+](=O)[O-])ccc2NC)C1. The maximum atomic E-state index is 11.0. The van der Waals surface area contributed by atoms with Crippen LogP contribution in [0.1, 0.15) is 38.7 Å². The van der Waals surface area contributed by atoms with Crippen LogP contribution in [-0.2, 0) is 6.54 Å². The molecule has 2 rings (SSSR count). The lowest BCUT2D eigenvalue weighted by Crippen LogP contribution is -2.26. The fourth-order valence-electron chi connectivity index (χ4n) is 3.30. The molecule has 1 aromatic rings. The third-order valence-corrected chi connectivity index (χ3v) is 4.98. The van der Waals surface area contributed by atoms with E-state index in [1.165, 1.54) is 19.3 Å². The predicted molar refractivity (Wildman–Crippen MR) is 85.6 cm³/mol. The van der Waals surface area contributed by atoms with Crippen molar-refractivity contribution >= 4 is 11.4 Å². The smallest absolute Gasteiger partial charge is 0.269 e. The zero-order valence-electron chi connectivity index (χ0n) is 13.2. The van der Waals surface area contributed by atoms with E-state index in [4.69, 9.17) is 0 Å². The minimum absolute atomic E-state index is 0.167. The first-order valence-electron chi connectivity index (χ1n) is 7.71. The molecule has 1 saturated heterocycles. The fraction of sp³-hybridized carbons (Fsp3) is 0.625. The third-order valence-electron chi connectivity index (χ3n) is 4.98. The van der Waals surface area contributed by atoms with Gasteiger partial charge in [-0.15, -0.1) is 0 Å². The van der Waals surface area contributed by atoms with Gasteiger partial charge in [0.15, 0.2) is 0 Å². The number of nitro benzene ring substituents is 1. The summed E-state index contributed by atoms with van der Waals surface area (Å²) < 4.78 is 0. The number of hydrogen-bond acceptors (Lipinski definition) is 4. The van der Waals surface area contributed by atoms with E-state index in [-0.39, 0.29) is 10.6 Å². The molecule has 0 aliphatic carbocycles. The van der Waals surface area contributed by atoms with Gasteiger partial charge in [0.05, 0.1) is 4.92 Å². The van der Waals surface area contributed by atoms with E-state index >= 15 is 0 Å². The molecule has 0 radical (unpaired) electrons. The molecule has 5 nitrogen and oxygen atoms in total. The van der Waals surface area contributed by atoms with Gasteiger partial charge in [0, 0.05) is 38.0 Å². The Morgan fingerprint density at radius 2 is 2.10 bits per heavy atom. The van der Waals surface area contributed by atoms with Crippen LogP contribution in [0.4, 0.5) is 11.4 Å². The molecule has 1 aliphatic heterocycles. The zero-order chi connectivity index (χ0) is 15.5. The maximum Gasteiger partial charge on any atom is 0.269 e. The van der Waals surface area contributed by atoms with Crippen LogP contribution in [0.15, 0.2) is 18.2 Å². The van der Waals surface area contributed by atoms with Crippen LogP contribution in [0.3, 0.4) is 0 Å². The van der Waals surface area contributed by atoms with Gasteiger partial charge in [-0.1, -0.05) is 13.8 Å². The number of nitrogens with zero attached hydrogens (tertiary/aromatic N) is 2. The van der Waals surface area contributed by atoms with Gasteiger partial charge in [-0.2, -0.15) is 0 Å². The number of non-ortho nitro benzene ring substituents is 1. The van der Waals surface area contributed by atoms with E-state index in [2.05, 4.69) is 24.1 Å².